The Morgan fingerprint density at radius 1 is 0.941 bits per heavy atom. The number of rotatable bonds is 4. The van der Waals surface area contributed by atoms with E-state index in [2.05, 4.69) is 0 Å². The normalized spacial score (nSPS) is 15.6. The summed E-state index contributed by atoms with van der Waals surface area (Å²) in [6.45, 7) is 0. The standard InChI is InChI=1S/C22H13F3N4O5/c23-22(24,25)13-3-1-4-17(11-13)28-20(31)18(19(30)26-21(28)32)12-16-5-2-10-27(16)14-6-8-15(9-7-14)29(33)34/h1-12H,(H,26,30,32)/b18-12+. The molecule has 9 nitrogen and oxygen atoms in total. The van der Waals surface area contributed by atoms with E-state index in [9.17, 15) is 37.7 Å². The third-order valence-electron chi connectivity index (χ3n) is 4.94. The molecule has 1 fully saturated rings. The van der Waals surface area contributed by atoms with Crippen LogP contribution < -0.4 is 10.2 Å². The highest BCUT2D eigenvalue weighted by Crippen LogP contribution is 2.32. The molecule has 0 aliphatic carbocycles. The summed E-state index contributed by atoms with van der Waals surface area (Å²) < 4.78 is 40.8. The van der Waals surface area contributed by atoms with Crippen LogP contribution in [-0.4, -0.2) is 27.3 Å². The SMILES string of the molecule is O=C1NC(=O)N(c2cccc(C(F)(F)F)c2)C(=O)/C1=C/c1cccn1-c1ccc([N+](=O)[O-])cc1. The first-order chi connectivity index (χ1) is 16.1. The first-order valence-electron chi connectivity index (χ1n) is 9.57. The minimum Gasteiger partial charge on any atom is -0.317 e. The van der Waals surface area contributed by atoms with Crippen LogP contribution in [0.1, 0.15) is 11.3 Å². The number of carbonyl (C=O) groups is 3. The molecule has 0 saturated carbocycles. The van der Waals surface area contributed by atoms with Crippen LogP contribution in [0.3, 0.4) is 0 Å². The van der Waals surface area contributed by atoms with Crippen molar-refractivity contribution in [2.24, 2.45) is 0 Å². The van der Waals surface area contributed by atoms with Crippen LogP contribution in [0.5, 0.6) is 0 Å². The van der Waals surface area contributed by atoms with Gasteiger partial charge < -0.3 is 4.57 Å². The lowest BCUT2D eigenvalue weighted by Crippen LogP contribution is -2.54. The van der Waals surface area contributed by atoms with Gasteiger partial charge in [-0.3, -0.25) is 25.0 Å². The van der Waals surface area contributed by atoms with Gasteiger partial charge in [-0.25, -0.2) is 9.69 Å². The number of anilines is 1. The number of aromatic nitrogens is 1. The molecule has 2 heterocycles. The van der Waals surface area contributed by atoms with E-state index in [1.165, 1.54) is 34.9 Å². The average Bonchev–Trinajstić information content (AvgIpc) is 3.24. The van der Waals surface area contributed by atoms with E-state index >= 15 is 0 Å². The Morgan fingerprint density at radius 2 is 1.65 bits per heavy atom. The number of urea groups is 1. The molecule has 1 aliphatic heterocycles. The molecule has 1 aliphatic rings. The van der Waals surface area contributed by atoms with Crippen LogP contribution in [0.15, 0.2) is 72.4 Å². The van der Waals surface area contributed by atoms with E-state index in [-0.39, 0.29) is 11.4 Å². The smallest absolute Gasteiger partial charge is 0.317 e. The van der Waals surface area contributed by atoms with Crippen LogP contribution in [0.2, 0.25) is 0 Å². The van der Waals surface area contributed by atoms with Crippen LogP contribution >= 0.6 is 0 Å². The number of halogens is 3. The second kappa shape index (κ2) is 8.31. The first-order valence-corrected chi connectivity index (χ1v) is 9.57. The molecule has 3 aromatic rings. The Hall–Kier alpha value is -4.74. The van der Waals surface area contributed by atoms with Gasteiger partial charge in [0, 0.05) is 29.7 Å². The molecule has 2 aromatic carbocycles. The van der Waals surface area contributed by atoms with Gasteiger partial charge in [0.15, 0.2) is 0 Å². The lowest BCUT2D eigenvalue weighted by Gasteiger charge is -2.27. The number of carbonyl (C=O) groups excluding carboxylic acids is 3. The van der Waals surface area contributed by atoms with Crippen molar-refractivity contribution < 1.29 is 32.5 Å². The average molecular weight is 470 g/mol. The fourth-order valence-corrected chi connectivity index (χ4v) is 3.34. The Labute approximate surface area is 188 Å². The van der Waals surface area contributed by atoms with Gasteiger partial charge in [0.2, 0.25) is 0 Å². The summed E-state index contributed by atoms with van der Waals surface area (Å²) in [5, 5.41) is 12.8. The molecule has 0 spiro atoms. The largest absolute Gasteiger partial charge is 0.416 e. The van der Waals surface area contributed by atoms with Crippen molar-refractivity contribution in [3.63, 3.8) is 0 Å². The fraction of sp³-hybridized carbons (Fsp3) is 0.0455. The van der Waals surface area contributed by atoms with Gasteiger partial charge in [0.1, 0.15) is 5.57 Å². The van der Waals surface area contributed by atoms with Gasteiger partial charge in [0.25, 0.3) is 17.5 Å². The number of amides is 4. The molecular formula is C22H13F3N4O5. The van der Waals surface area contributed by atoms with Crippen molar-refractivity contribution in [3.8, 4) is 5.69 Å². The molecule has 4 amide bonds. The zero-order valence-electron chi connectivity index (χ0n) is 16.9. The summed E-state index contributed by atoms with van der Waals surface area (Å²) in [6, 6.07) is 11.0. The summed E-state index contributed by atoms with van der Waals surface area (Å²) in [4.78, 5) is 48.5. The first kappa shape index (κ1) is 22.5. The lowest BCUT2D eigenvalue weighted by atomic mass is 10.1. The van der Waals surface area contributed by atoms with Gasteiger partial charge in [-0.15, -0.1) is 0 Å². The monoisotopic (exact) mass is 470 g/mol. The van der Waals surface area contributed by atoms with E-state index in [0.29, 0.717) is 22.3 Å². The number of barbiturate groups is 1. The number of nitrogens with zero attached hydrogens (tertiary/aromatic N) is 3. The van der Waals surface area contributed by atoms with E-state index < -0.39 is 40.1 Å². The second-order valence-electron chi connectivity index (χ2n) is 7.08. The third kappa shape index (κ3) is 4.16. The number of nitro groups is 1. The third-order valence-corrected chi connectivity index (χ3v) is 4.94. The maximum absolute atomic E-state index is 13.1. The van der Waals surface area contributed by atoms with Gasteiger partial charge in [-0.1, -0.05) is 6.07 Å². The molecule has 12 heteroatoms. The van der Waals surface area contributed by atoms with Crippen LogP contribution in [0, 0.1) is 10.1 Å². The highest BCUT2D eigenvalue weighted by Gasteiger charge is 2.38. The summed E-state index contributed by atoms with van der Waals surface area (Å²) in [6.07, 6.45) is -1.95. The van der Waals surface area contributed by atoms with Crippen LogP contribution in [0.25, 0.3) is 11.8 Å². The van der Waals surface area contributed by atoms with E-state index in [1.54, 1.807) is 18.3 Å². The van der Waals surface area contributed by atoms with E-state index in [4.69, 9.17) is 0 Å². The molecule has 34 heavy (non-hydrogen) atoms. The minimum absolute atomic E-state index is 0.132. The summed E-state index contributed by atoms with van der Waals surface area (Å²) in [5.74, 6) is -2.13. The van der Waals surface area contributed by atoms with Crippen molar-refractivity contribution in [2.45, 2.75) is 6.18 Å². The zero-order chi connectivity index (χ0) is 24.6. The predicted octanol–water partition coefficient (Wildman–Crippen LogP) is 4.07. The Kier molecular flexibility index (Phi) is 5.49. The maximum atomic E-state index is 13.1. The number of benzene rings is 2. The lowest BCUT2D eigenvalue weighted by molar-refractivity contribution is -0.384. The number of non-ortho nitro benzene ring substituents is 1. The van der Waals surface area contributed by atoms with Gasteiger partial charge in [-0.2, -0.15) is 13.2 Å². The molecular weight excluding hydrogens is 457 g/mol. The molecule has 0 bridgehead atoms. The Morgan fingerprint density at radius 3 is 2.29 bits per heavy atom. The topological polar surface area (TPSA) is 115 Å². The molecule has 0 atom stereocenters. The van der Waals surface area contributed by atoms with Crippen molar-refractivity contribution in [3.05, 3.63) is 93.8 Å². The van der Waals surface area contributed by atoms with E-state index in [1.807, 2.05) is 5.32 Å². The highest BCUT2D eigenvalue weighted by molar-refractivity contribution is 6.39. The number of nitro benzene ring substituents is 1. The Balaban J connectivity index is 1.72. The van der Waals surface area contributed by atoms with Crippen molar-refractivity contribution in [2.75, 3.05) is 4.90 Å². The summed E-state index contributed by atoms with van der Waals surface area (Å²) >= 11 is 0. The Bertz CT molecular complexity index is 1360. The van der Waals surface area contributed by atoms with Gasteiger partial charge in [0.05, 0.1) is 16.2 Å². The summed E-state index contributed by atoms with van der Waals surface area (Å²) in [5.41, 5.74) is -1.25. The van der Waals surface area contributed by atoms with Crippen molar-refractivity contribution in [1.29, 1.82) is 0 Å². The van der Waals surface area contributed by atoms with E-state index in [0.717, 1.165) is 18.2 Å². The molecule has 1 N–H and O–H groups in total. The molecule has 4 rings (SSSR count). The zero-order valence-corrected chi connectivity index (χ0v) is 16.9. The number of alkyl halides is 3. The van der Waals surface area contributed by atoms with Gasteiger partial charge >= 0.3 is 12.2 Å². The number of hydrogen-bond acceptors (Lipinski definition) is 5. The number of nitrogens with one attached hydrogen (secondary N) is 1. The molecule has 0 radical (unpaired) electrons. The summed E-state index contributed by atoms with van der Waals surface area (Å²) in [7, 11) is 0. The molecule has 1 aromatic heterocycles. The fourth-order valence-electron chi connectivity index (χ4n) is 3.34. The van der Waals surface area contributed by atoms with Gasteiger partial charge in [-0.05, 0) is 48.5 Å². The van der Waals surface area contributed by atoms with Crippen molar-refractivity contribution >= 4 is 35.3 Å². The van der Waals surface area contributed by atoms with Crippen molar-refractivity contribution in [1.82, 2.24) is 9.88 Å². The van der Waals surface area contributed by atoms with Crippen LogP contribution in [-0.2, 0) is 15.8 Å². The molecule has 172 valence electrons. The predicted molar refractivity (Wildman–Crippen MR) is 113 cm³/mol. The quantitative estimate of drug-likeness (QED) is 0.267. The molecule has 1 saturated heterocycles. The van der Waals surface area contributed by atoms with Crippen LogP contribution in [0.4, 0.5) is 29.3 Å². The second-order valence-corrected chi connectivity index (χ2v) is 7.08. The maximum Gasteiger partial charge on any atom is 0.416 e. The highest BCUT2D eigenvalue weighted by atomic mass is 19.4. The number of hydrogen-bond donors (Lipinski definition) is 1. The molecule has 0 unspecified atom stereocenters. The minimum atomic E-state index is -4.70. The number of imide groups is 2.